The minimum absolute atomic E-state index is 0.231. The zero-order chi connectivity index (χ0) is 12.1. The number of halogens is 1. The second-order valence-corrected chi connectivity index (χ2v) is 3.68. The highest BCUT2D eigenvalue weighted by Crippen LogP contribution is 2.02. The van der Waals surface area contributed by atoms with Gasteiger partial charge in [-0.2, -0.15) is 0 Å². The summed E-state index contributed by atoms with van der Waals surface area (Å²) in [7, 11) is 3.48. The second-order valence-electron chi connectivity index (χ2n) is 3.29. The van der Waals surface area contributed by atoms with Crippen molar-refractivity contribution < 1.29 is 9.18 Å². The van der Waals surface area contributed by atoms with Crippen molar-refractivity contribution in [3.8, 4) is 0 Å². The van der Waals surface area contributed by atoms with Crippen LogP contribution >= 0.6 is 12.2 Å². The summed E-state index contributed by atoms with van der Waals surface area (Å²) in [6.07, 6.45) is 0. The molecule has 1 rings (SSSR count). The van der Waals surface area contributed by atoms with E-state index in [1.165, 1.54) is 18.2 Å². The Morgan fingerprint density at radius 1 is 1.38 bits per heavy atom. The van der Waals surface area contributed by atoms with Crippen molar-refractivity contribution in [3.63, 3.8) is 0 Å². The zero-order valence-corrected chi connectivity index (χ0v) is 9.77. The molecule has 0 spiro atoms. The van der Waals surface area contributed by atoms with Crippen LogP contribution in [0.5, 0.6) is 0 Å². The summed E-state index contributed by atoms with van der Waals surface area (Å²) in [5, 5.41) is 0.366. The SMILES string of the molecule is CN(C)C(=S)NNC(=O)c1cccc(F)c1. The van der Waals surface area contributed by atoms with E-state index >= 15 is 0 Å². The lowest BCUT2D eigenvalue weighted by Crippen LogP contribution is -2.46. The average Bonchev–Trinajstić information content (AvgIpc) is 2.25. The van der Waals surface area contributed by atoms with Crippen molar-refractivity contribution in [3.05, 3.63) is 35.6 Å². The van der Waals surface area contributed by atoms with E-state index < -0.39 is 11.7 Å². The van der Waals surface area contributed by atoms with Gasteiger partial charge in [0.1, 0.15) is 5.82 Å². The van der Waals surface area contributed by atoms with Crippen molar-refractivity contribution in [2.75, 3.05) is 14.1 Å². The summed E-state index contributed by atoms with van der Waals surface area (Å²) in [6.45, 7) is 0. The fraction of sp³-hybridized carbons (Fsp3) is 0.200. The predicted molar refractivity (Wildman–Crippen MR) is 63.3 cm³/mol. The van der Waals surface area contributed by atoms with E-state index in [1.807, 2.05) is 0 Å². The molecule has 4 nitrogen and oxygen atoms in total. The van der Waals surface area contributed by atoms with E-state index in [9.17, 15) is 9.18 Å². The second kappa shape index (κ2) is 5.41. The summed E-state index contributed by atoms with van der Waals surface area (Å²) in [5.74, 6) is -0.897. The molecule has 1 aromatic carbocycles. The number of thiocarbonyl (C=S) groups is 1. The first-order valence-electron chi connectivity index (χ1n) is 4.54. The van der Waals surface area contributed by atoms with Crippen LogP contribution < -0.4 is 10.9 Å². The summed E-state index contributed by atoms with van der Waals surface area (Å²) in [4.78, 5) is 13.1. The lowest BCUT2D eigenvalue weighted by atomic mass is 10.2. The van der Waals surface area contributed by atoms with Crippen LogP contribution in [0, 0.1) is 5.82 Å². The third kappa shape index (κ3) is 3.47. The number of nitrogens with zero attached hydrogens (tertiary/aromatic N) is 1. The molecular formula is C10H12FN3OS. The van der Waals surface area contributed by atoms with Crippen LogP contribution in [0.2, 0.25) is 0 Å². The van der Waals surface area contributed by atoms with Crippen LogP contribution in [0.1, 0.15) is 10.4 Å². The lowest BCUT2D eigenvalue weighted by Gasteiger charge is -2.15. The Balaban J connectivity index is 2.57. The molecule has 86 valence electrons. The number of rotatable bonds is 1. The van der Waals surface area contributed by atoms with E-state index in [1.54, 1.807) is 19.0 Å². The van der Waals surface area contributed by atoms with E-state index in [0.29, 0.717) is 5.11 Å². The summed E-state index contributed by atoms with van der Waals surface area (Å²) in [6, 6.07) is 5.40. The number of benzene rings is 1. The number of carbonyl (C=O) groups is 1. The van der Waals surface area contributed by atoms with Gasteiger partial charge < -0.3 is 4.90 Å². The van der Waals surface area contributed by atoms with Crippen LogP contribution in [0.3, 0.4) is 0 Å². The minimum Gasteiger partial charge on any atom is -0.354 e. The van der Waals surface area contributed by atoms with Crippen LogP contribution in [0.25, 0.3) is 0 Å². The molecule has 6 heteroatoms. The standard InChI is InChI=1S/C10H12FN3OS/c1-14(2)10(16)13-12-9(15)7-4-3-5-8(11)6-7/h3-6H,1-2H3,(H,12,15)(H,13,16). The molecule has 2 N–H and O–H groups in total. The maximum Gasteiger partial charge on any atom is 0.269 e. The molecule has 0 fully saturated rings. The molecule has 0 heterocycles. The number of carbonyl (C=O) groups excluding carboxylic acids is 1. The Morgan fingerprint density at radius 3 is 2.62 bits per heavy atom. The van der Waals surface area contributed by atoms with Crippen LogP contribution in [-0.4, -0.2) is 30.0 Å². The van der Waals surface area contributed by atoms with Gasteiger partial charge in [-0.15, -0.1) is 0 Å². The van der Waals surface area contributed by atoms with Gasteiger partial charge >= 0.3 is 0 Å². The molecule has 1 amide bonds. The topological polar surface area (TPSA) is 44.4 Å². The Labute approximate surface area is 98.4 Å². The molecule has 0 bridgehead atoms. The average molecular weight is 241 g/mol. The van der Waals surface area contributed by atoms with Crippen LogP contribution in [0.4, 0.5) is 4.39 Å². The van der Waals surface area contributed by atoms with Gasteiger partial charge in [0, 0.05) is 19.7 Å². The fourth-order valence-corrected chi connectivity index (χ4v) is 0.975. The Kier molecular flexibility index (Phi) is 4.19. The summed E-state index contributed by atoms with van der Waals surface area (Å²) in [5.41, 5.74) is 5.13. The maximum absolute atomic E-state index is 12.8. The number of nitrogens with one attached hydrogen (secondary N) is 2. The molecule has 0 aromatic heterocycles. The zero-order valence-electron chi connectivity index (χ0n) is 8.95. The van der Waals surface area contributed by atoms with Gasteiger partial charge in [0.25, 0.3) is 5.91 Å². The molecule has 0 aliphatic rings. The van der Waals surface area contributed by atoms with E-state index in [0.717, 1.165) is 6.07 Å². The highest BCUT2D eigenvalue weighted by Gasteiger charge is 2.06. The Hall–Kier alpha value is -1.69. The molecule has 0 aliphatic carbocycles. The van der Waals surface area contributed by atoms with E-state index in [2.05, 4.69) is 10.9 Å². The largest absolute Gasteiger partial charge is 0.354 e. The summed E-state index contributed by atoms with van der Waals surface area (Å²) < 4.78 is 12.8. The molecule has 0 radical (unpaired) electrons. The van der Waals surface area contributed by atoms with Crippen molar-refractivity contribution in [2.24, 2.45) is 0 Å². The van der Waals surface area contributed by atoms with Gasteiger partial charge in [-0.25, -0.2) is 4.39 Å². The monoisotopic (exact) mass is 241 g/mol. The van der Waals surface area contributed by atoms with Crippen LogP contribution in [0.15, 0.2) is 24.3 Å². The Morgan fingerprint density at radius 2 is 2.06 bits per heavy atom. The number of amides is 1. The van der Waals surface area contributed by atoms with Gasteiger partial charge in [-0.3, -0.25) is 15.6 Å². The van der Waals surface area contributed by atoms with Gasteiger partial charge in [-0.1, -0.05) is 6.07 Å². The predicted octanol–water partition coefficient (Wildman–Crippen LogP) is 0.907. The number of hydrazine groups is 1. The van der Waals surface area contributed by atoms with Crippen molar-refractivity contribution in [2.45, 2.75) is 0 Å². The van der Waals surface area contributed by atoms with Crippen LogP contribution in [-0.2, 0) is 0 Å². The quantitative estimate of drug-likeness (QED) is 0.566. The molecule has 0 saturated carbocycles. The third-order valence-corrected chi connectivity index (χ3v) is 2.24. The maximum atomic E-state index is 12.8. The molecule has 16 heavy (non-hydrogen) atoms. The van der Waals surface area contributed by atoms with Crippen molar-refractivity contribution >= 4 is 23.2 Å². The van der Waals surface area contributed by atoms with Gasteiger partial charge in [0.15, 0.2) is 5.11 Å². The number of hydrogen-bond acceptors (Lipinski definition) is 2. The normalized spacial score (nSPS) is 9.44. The van der Waals surface area contributed by atoms with Crippen molar-refractivity contribution in [1.29, 1.82) is 0 Å². The highest BCUT2D eigenvalue weighted by molar-refractivity contribution is 7.80. The first-order chi connectivity index (χ1) is 7.50. The number of hydrogen-bond donors (Lipinski definition) is 2. The smallest absolute Gasteiger partial charge is 0.269 e. The van der Waals surface area contributed by atoms with E-state index in [-0.39, 0.29) is 5.56 Å². The van der Waals surface area contributed by atoms with Gasteiger partial charge in [0.05, 0.1) is 0 Å². The molecule has 0 unspecified atom stereocenters. The fourth-order valence-electron chi connectivity index (χ4n) is 0.924. The first kappa shape index (κ1) is 12.4. The lowest BCUT2D eigenvalue weighted by molar-refractivity contribution is 0.0942. The molecular weight excluding hydrogens is 229 g/mol. The highest BCUT2D eigenvalue weighted by atomic mass is 32.1. The summed E-state index contributed by atoms with van der Waals surface area (Å²) >= 11 is 4.90. The first-order valence-corrected chi connectivity index (χ1v) is 4.94. The van der Waals surface area contributed by atoms with Gasteiger partial charge in [-0.05, 0) is 30.4 Å². The van der Waals surface area contributed by atoms with E-state index in [4.69, 9.17) is 12.2 Å². The molecule has 0 aliphatic heterocycles. The molecule has 0 atom stereocenters. The Bertz CT molecular complexity index is 409. The minimum atomic E-state index is -0.456. The van der Waals surface area contributed by atoms with Gasteiger partial charge in [0.2, 0.25) is 0 Å². The molecule has 0 saturated heterocycles. The van der Waals surface area contributed by atoms with Crippen molar-refractivity contribution in [1.82, 2.24) is 15.8 Å². The third-order valence-electron chi connectivity index (χ3n) is 1.78. The molecule has 1 aromatic rings.